The molecule has 2 saturated heterocycles. The molecule has 260 valence electrons. The van der Waals surface area contributed by atoms with Crippen LogP contribution in [0.1, 0.15) is 19.4 Å². The predicted molar refractivity (Wildman–Crippen MR) is 110 cm³/mol. The van der Waals surface area contributed by atoms with E-state index in [0.717, 1.165) is 0 Å². The fraction of sp³-hybridized carbons (Fsp3) is 0.739. The molecule has 5 atom stereocenters. The Morgan fingerprint density at radius 1 is 0.689 bits per heavy atom. The zero-order valence-corrected chi connectivity index (χ0v) is 22.0. The fourth-order valence-corrected chi connectivity index (χ4v) is 4.28. The molecule has 2 aliphatic heterocycles. The molecule has 5 nitrogen and oxygen atoms in total. The molecule has 1 aromatic rings. The summed E-state index contributed by atoms with van der Waals surface area (Å²) < 4.78 is 253. The minimum atomic E-state index is -8.79. The van der Waals surface area contributed by atoms with Crippen molar-refractivity contribution >= 4 is 0 Å². The van der Waals surface area contributed by atoms with Crippen LogP contribution in [0.15, 0.2) is 30.3 Å². The van der Waals surface area contributed by atoms with Crippen molar-refractivity contribution in [3.63, 3.8) is 0 Å². The Hall–Kier alpha value is -2.17. The standard InChI is InChI=1S/C23H19F17O5/c1-15(2)44-12-10(42-8-9-6-4-3-5-7-9)11(43-14(12)45-15)13(41)16(24,25)17(26,27)18(28,29)19(30,31)20(32,33)21(34,35)22(36,37)23(38,39)40/h3-7,10-14,41H,8H2,1-2H3/t10-,11-,12+,13+,14+/m0/s1. The summed E-state index contributed by atoms with van der Waals surface area (Å²) in [6.07, 6.45) is -21.3. The third-order valence-electron chi connectivity index (χ3n) is 6.74. The highest BCUT2D eigenvalue weighted by molar-refractivity contribution is 5.17. The molecule has 2 heterocycles. The van der Waals surface area contributed by atoms with Gasteiger partial charge >= 0.3 is 47.6 Å². The predicted octanol–water partition coefficient (Wildman–Crippen LogP) is 6.82. The summed E-state index contributed by atoms with van der Waals surface area (Å²) in [6.45, 7) is 1.74. The molecule has 1 N–H and O–H groups in total. The average Bonchev–Trinajstić information content (AvgIpc) is 3.37. The van der Waals surface area contributed by atoms with Crippen LogP contribution in [-0.2, 0) is 25.6 Å². The SMILES string of the molecule is CC1(C)O[C@H]2O[C@H]([C@@H](O)C(F)(F)C(F)(F)C(F)(F)C(F)(F)C(F)(F)C(F)(F)C(F)(F)C(F)(F)F)[C@H](OCc3ccccc3)[C@H]2O1. The van der Waals surface area contributed by atoms with Gasteiger partial charge in [-0.15, -0.1) is 0 Å². The van der Waals surface area contributed by atoms with Crippen LogP contribution in [0.3, 0.4) is 0 Å². The number of fused-ring (bicyclic) bond motifs is 1. The van der Waals surface area contributed by atoms with Crippen LogP contribution in [0.2, 0.25) is 0 Å². The molecule has 3 rings (SSSR count). The summed E-state index contributed by atoms with van der Waals surface area (Å²) in [5, 5.41) is 10.1. The smallest absolute Gasteiger partial charge is 0.384 e. The van der Waals surface area contributed by atoms with Crippen LogP contribution >= 0.6 is 0 Å². The van der Waals surface area contributed by atoms with Gasteiger partial charge in [0.1, 0.15) is 18.3 Å². The zero-order chi connectivity index (χ0) is 35.0. The Labute approximate surface area is 240 Å². The van der Waals surface area contributed by atoms with Crippen LogP contribution in [0.25, 0.3) is 0 Å². The van der Waals surface area contributed by atoms with E-state index >= 15 is 0 Å². The van der Waals surface area contributed by atoms with Gasteiger partial charge in [0.05, 0.1) is 6.61 Å². The number of benzene rings is 1. The molecule has 0 aliphatic carbocycles. The van der Waals surface area contributed by atoms with Gasteiger partial charge in [-0.1, -0.05) is 30.3 Å². The van der Waals surface area contributed by atoms with E-state index in [1.807, 2.05) is 0 Å². The van der Waals surface area contributed by atoms with Crippen LogP contribution in [0.4, 0.5) is 74.6 Å². The highest BCUT2D eigenvalue weighted by Gasteiger charge is 2.95. The molecular weight excluding hydrogens is 679 g/mol. The van der Waals surface area contributed by atoms with E-state index in [1.54, 1.807) is 0 Å². The fourth-order valence-electron chi connectivity index (χ4n) is 4.28. The van der Waals surface area contributed by atoms with Gasteiger partial charge in [0.15, 0.2) is 18.2 Å². The van der Waals surface area contributed by atoms with Crippen molar-refractivity contribution in [2.75, 3.05) is 0 Å². The van der Waals surface area contributed by atoms with Crippen molar-refractivity contribution in [1.82, 2.24) is 0 Å². The lowest BCUT2D eigenvalue weighted by atomic mass is 9.86. The van der Waals surface area contributed by atoms with E-state index in [-0.39, 0.29) is 5.56 Å². The topological polar surface area (TPSA) is 57.2 Å². The van der Waals surface area contributed by atoms with E-state index in [0.29, 0.717) is 0 Å². The Balaban J connectivity index is 2.01. The van der Waals surface area contributed by atoms with Gasteiger partial charge in [-0.05, 0) is 19.4 Å². The molecule has 0 unspecified atom stereocenters. The normalized spacial score (nSPS) is 26.2. The zero-order valence-electron chi connectivity index (χ0n) is 22.0. The molecule has 22 heteroatoms. The Kier molecular flexibility index (Phi) is 9.07. The number of hydrogen-bond acceptors (Lipinski definition) is 5. The summed E-state index contributed by atoms with van der Waals surface area (Å²) >= 11 is 0. The van der Waals surface area contributed by atoms with Crippen LogP contribution in [0, 0.1) is 0 Å². The second-order valence-electron chi connectivity index (χ2n) is 10.3. The molecule has 0 saturated carbocycles. The molecule has 2 aliphatic rings. The highest BCUT2D eigenvalue weighted by Crippen LogP contribution is 2.64. The van der Waals surface area contributed by atoms with Gasteiger partial charge in [-0.3, -0.25) is 0 Å². The number of aliphatic hydroxyl groups excluding tert-OH is 1. The number of ether oxygens (including phenoxy) is 4. The lowest BCUT2D eigenvalue weighted by molar-refractivity contribution is -0.465. The monoisotopic (exact) mass is 698 g/mol. The minimum absolute atomic E-state index is 0.217. The van der Waals surface area contributed by atoms with Gasteiger partial charge in [0.25, 0.3) is 0 Å². The quantitative estimate of drug-likeness (QED) is 0.258. The van der Waals surface area contributed by atoms with E-state index in [4.69, 9.17) is 18.9 Å². The van der Waals surface area contributed by atoms with Crippen LogP contribution < -0.4 is 0 Å². The Bertz CT molecular complexity index is 1200. The van der Waals surface area contributed by atoms with E-state index < -0.39 is 90.7 Å². The molecule has 2 fully saturated rings. The molecule has 0 spiro atoms. The Morgan fingerprint density at radius 2 is 1.13 bits per heavy atom. The first-order valence-electron chi connectivity index (χ1n) is 12.0. The number of halogens is 17. The van der Waals surface area contributed by atoms with Crippen LogP contribution in [-0.4, -0.2) is 89.2 Å². The van der Waals surface area contributed by atoms with E-state index in [2.05, 4.69) is 0 Å². The maximum absolute atomic E-state index is 14.9. The van der Waals surface area contributed by atoms with Crippen molar-refractivity contribution in [1.29, 1.82) is 0 Å². The van der Waals surface area contributed by atoms with Crippen molar-refractivity contribution in [2.24, 2.45) is 0 Å². The first kappa shape index (κ1) is 37.3. The second kappa shape index (κ2) is 10.9. The van der Waals surface area contributed by atoms with Crippen LogP contribution in [0.5, 0.6) is 0 Å². The highest BCUT2D eigenvalue weighted by atomic mass is 19.4. The summed E-state index contributed by atoms with van der Waals surface area (Å²) in [7, 11) is 0. The van der Waals surface area contributed by atoms with Gasteiger partial charge in [0, 0.05) is 0 Å². The lowest BCUT2D eigenvalue weighted by Gasteiger charge is -2.44. The van der Waals surface area contributed by atoms with Crippen molar-refractivity contribution < 1.29 is 98.7 Å². The van der Waals surface area contributed by atoms with Gasteiger partial charge in [-0.2, -0.15) is 74.6 Å². The molecule has 0 radical (unpaired) electrons. The summed E-state index contributed by atoms with van der Waals surface area (Å²) in [5.74, 6) is -59.9. The lowest BCUT2D eigenvalue weighted by Crippen LogP contribution is -2.75. The molecule has 0 amide bonds. The van der Waals surface area contributed by atoms with Gasteiger partial charge in [0.2, 0.25) is 0 Å². The maximum Gasteiger partial charge on any atom is 0.460 e. The second-order valence-corrected chi connectivity index (χ2v) is 10.3. The largest absolute Gasteiger partial charge is 0.460 e. The molecule has 1 aromatic carbocycles. The summed E-state index contributed by atoms with van der Waals surface area (Å²) in [4.78, 5) is 0. The minimum Gasteiger partial charge on any atom is -0.384 e. The Morgan fingerprint density at radius 3 is 1.60 bits per heavy atom. The summed E-state index contributed by atoms with van der Waals surface area (Å²) in [6, 6.07) is 7.01. The third kappa shape index (κ3) is 5.50. The summed E-state index contributed by atoms with van der Waals surface area (Å²) in [5.41, 5.74) is 0.217. The third-order valence-corrected chi connectivity index (χ3v) is 6.74. The number of aliphatic hydroxyl groups is 1. The number of rotatable bonds is 11. The molecular formula is C23H19F17O5. The van der Waals surface area contributed by atoms with Crippen molar-refractivity contribution in [3.05, 3.63) is 35.9 Å². The number of alkyl halides is 17. The number of hydrogen-bond donors (Lipinski definition) is 1. The maximum atomic E-state index is 14.9. The van der Waals surface area contributed by atoms with E-state index in [9.17, 15) is 79.7 Å². The van der Waals surface area contributed by atoms with Crippen molar-refractivity contribution in [3.8, 4) is 0 Å². The first-order chi connectivity index (χ1) is 19.9. The molecule has 0 aromatic heterocycles. The first-order valence-corrected chi connectivity index (χ1v) is 12.0. The molecule has 45 heavy (non-hydrogen) atoms. The van der Waals surface area contributed by atoms with Gasteiger partial charge < -0.3 is 24.1 Å². The van der Waals surface area contributed by atoms with E-state index in [1.165, 1.54) is 44.2 Å². The molecule has 0 bridgehead atoms. The van der Waals surface area contributed by atoms with Crippen molar-refractivity contribution in [2.45, 2.75) is 105 Å². The van der Waals surface area contributed by atoms with Gasteiger partial charge in [-0.25, -0.2) is 0 Å². The average molecular weight is 698 g/mol.